The van der Waals surface area contributed by atoms with Gasteiger partial charge in [-0.15, -0.1) is 16.4 Å². The Balaban J connectivity index is 1.68. The monoisotopic (exact) mass is 385 g/mol. The third-order valence-corrected chi connectivity index (χ3v) is 5.55. The molecule has 2 N–H and O–H groups in total. The van der Waals surface area contributed by atoms with E-state index < -0.39 is 0 Å². The van der Waals surface area contributed by atoms with E-state index in [4.69, 9.17) is 0 Å². The number of carbonyl (C=O) groups excluding carboxylic acids is 1. The second-order valence-electron chi connectivity index (χ2n) is 6.59. The van der Waals surface area contributed by atoms with Crippen LogP contribution in [-0.4, -0.2) is 39.3 Å². The summed E-state index contributed by atoms with van der Waals surface area (Å²) in [5, 5.41) is 12.7. The van der Waals surface area contributed by atoms with Crippen LogP contribution < -0.4 is 10.6 Å². The van der Waals surface area contributed by atoms with Crippen LogP contribution in [0.4, 0.5) is 4.39 Å². The molecular formula is C19H20FN5OS. The molecule has 0 spiro atoms. The van der Waals surface area contributed by atoms with Crippen LogP contribution in [0.5, 0.6) is 0 Å². The number of hydrogen-bond acceptors (Lipinski definition) is 5. The van der Waals surface area contributed by atoms with Gasteiger partial charge < -0.3 is 10.6 Å². The fourth-order valence-corrected chi connectivity index (χ4v) is 3.93. The molecule has 3 aromatic rings. The van der Waals surface area contributed by atoms with E-state index in [1.165, 1.54) is 28.2 Å². The van der Waals surface area contributed by atoms with Crippen LogP contribution in [-0.2, 0) is 0 Å². The minimum absolute atomic E-state index is 0.0394. The van der Waals surface area contributed by atoms with Crippen LogP contribution in [0.25, 0.3) is 16.4 Å². The highest BCUT2D eigenvalue weighted by atomic mass is 32.1. The molecule has 1 amide bonds. The molecule has 2 aromatic heterocycles. The maximum Gasteiger partial charge on any atom is 0.291 e. The summed E-state index contributed by atoms with van der Waals surface area (Å²) in [6.45, 7) is 3.02. The van der Waals surface area contributed by atoms with Gasteiger partial charge in [0.15, 0.2) is 5.82 Å². The molecule has 27 heavy (non-hydrogen) atoms. The Morgan fingerprint density at radius 3 is 3.00 bits per heavy atom. The quantitative estimate of drug-likeness (QED) is 0.724. The molecule has 2 unspecified atom stereocenters. The average Bonchev–Trinajstić information content (AvgIpc) is 3.33. The molecule has 6 nitrogen and oxygen atoms in total. The molecule has 1 aliphatic rings. The minimum atomic E-state index is -0.367. The number of piperidine rings is 1. The van der Waals surface area contributed by atoms with Crippen LogP contribution in [0.2, 0.25) is 0 Å². The van der Waals surface area contributed by atoms with Gasteiger partial charge in [0, 0.05) is 12.1 Å². The third kappa shape index (κ3) is 3.77. The van der Waals surface area contributed by atoms with Crippen molar-refractivity contribution >= 4 is 17.2 Å². The number of thiophene rings is 1. The lowest BCUT2D eigenvalue weighted by atomic mass is 10.00. The van der Waals surface area contributed by atoms with Crippen LogP contribution in [0.1, 0.15) is 30.4 Å². The smallest absolute Gasteiger partial charge is 0.291 e. The van der Waals surface area contributed by atoms with Crippen molar-refractivity contribution in [2.75, 3.05) is 6.54 Å². The Labute approximate surface area is 160 Å². The minimum Gasteiger partial charge on any atom is -0.345 e. The molecule has 1 aliphatic heterocycles. The molecule has 1 saturated heterocycles. The molecule has 4 rings (SSSR count). The first-order valence-corrected chi connectivity index (χ1v) is 9.81. The van der Waals surface area contributed by atoms with Crippen LogP contribution in [0, 0.1) is 5.82 Å². The second-order valence-corrected chi connectivity index (χ2v) is 7.54. The zero-order chi connectivity index (χ0) is 18.8. The van der Waals surface area contributed by atoms with Crippen LogP contribution in [0.15, 0.2) is 41.8 Å². The highest BCUT2D eigenvalue weighted by molar-refractivity contribution is 7.13. The zero-order valence-electron chi connectivity index (χ0n) is 14.9. The molecule has 0 saturated carbocycles. The summed E-state index contributed by atoms with van der Waals surface area (Å²) in [4.78, 5) is 18.1. The molecule has 140 valence electrons. The summed E-state index contributed by atoms with van der Waals surface area (Å²) < 4.78 is 15.2. The van der Waals surface area contributed by atoms with Gasteiger partial charge in [-0.05, 0) is 56.0 Å². The number of nitrogens with one attached hydrogen (secondary N) is 2. The summed E-state index contributed by atoms with van der Waals surface area (Å²) >= 11 is 1.49. The lowest BCUT2D eigenvalue weighted by Crippen LogP contribution is -2.52. The highest BCUT2D eigenvalue weighted by Crippen LogP contribution is 2.26. The second kappa shape index (κ2) is 7.58. The van der Waals surface area contributed by atoms with Gasteiger partial charge in [0.05, 0.1) is 10.6 Å². The van der Waals surface area contributed by atoms with Gasteiger partial charge in [-0.25, -0.2) is 14.1 Å². The summed E-state index contributed by atoms with van der Waals surface area (Å²) in [5.41, 5.74) is 0.526. The fraction of sp³-hybridized carbons (Fsp3) is 0.316. The maximum absolute atomic E-state index is 13.7. The van der Waals surface area contributed by atoms with E-state index in [1.807, 2.05) is 17.5 Å². The van der Waals surface area contributed by atoms with Crippen molar-refractivity contribution in [1.82, 2.24) is 25.4 Å². The first kappa shape index (κ1) is 17.8. The van der Waals surface area contributed by atoms with Crippen molar-refractivity contribution in [3.63, 3.8) is 0 Å². The van der Waals surface area contributed by atoms with E-state index in [0.717, 1.165) is 24.3 Å². The molecule has 0 radical (unpaired) electrons. The van der Waals surface area contributed by atoms with Crippen molar-refractivity contribution in [2.45, 2.75) is 31.8 Å². The van der Waals surface area contributed by atoms with E-state index >= 15 is 0 Å². The Bertz CT molecular complexity index is 939. The number of benzene rings is 1. The summed E-state index contributed by atoms with van der Waals surface area (Å²) in [6, 6.07) is 10.1. The standard InChI is InChI=1S/C19H20FN5OS/c1-12-15(7-3-9-21-12)22-19(26)17-23-18(16-8-4-10-27-16)25(24-17)14-6-2-5-13(20)11-14/h2,4-6,8,10-12,15,21H,3,7,9H2,1H3,(H,22,26). The molecule has 0 aliphatic carbocycles. The van der Waals surface area contributed by atoms with Gasteiger partial charge in [0.25, 0.3) is 5.91 Å². The third-order valence-electron chi connectivity index (χ3n) is 4.68. The number of halogens is 1. The number of hydrogen-bond donors (Lipinski definition) is 2. The Hall–Kier alpha value is -2.58. The topological polar surface area (TPSA) is 71.8 Å². The maximum atomic E-state index is 13.7. The van der Waals surface area contributed by atoms with Crippen LogP contribution in [0.3, 0.4) is 0 Å². The van der Waals surface area contributed by atoms with Gasteiger partial charge in [-0.2, -0.15) is 0 Å². The number of amides is 1. The molecule has 3 heterocycles. The number of rotatable bonds is 4. The number of nitrogens with zero attached hydrogens (tertiary/aromatic N) is 3. The fourth-order valence-electron chi connectivity index (χ4n) is 3.24. The first-order valence-electron chi connectivity index (χ1n) is 8.93. The Morgan fingerprint density at radius 1 is 1.37 bits per heavy atom. The van der Waals surface area contributed by atoms with Crippen molar-refractivity contribution in [2.24, 2.45) is 0 Å². The van der Waals surface area contributed by atoms with Crippen molar-refractivity contribution in [1.29, 1.82) is 0 Å². The molecular weight excluding hydrogens is 365 g/mol. The van der Waals surface area contributed by atoms with Gasteiger partial charge in [0.1, 0.15) is 5.82 Å². The first-order chi connectivity index (χ1) is 13.1. The zero-order valence-corrected chi connectivity index (χ0v) is 15.7. The average molecular weight is 385 g/mol. The molecule has 8 heteroatoms. The van der Waals surface area contributed by atoms with Crippen molar-refractivity contribution in [3.8, 4) is 16.4 Å². The van der Waals surface area contributed by atoms with Crippen molar-refractivity contribution < 1.29 is 9.18 Å². The number of aromatic nitrogens is 3. The Morgan fingerprint density at radius 2 is 2.26 bits per heavy atom. The van der Waals surface area contributed by atoms with E-state index in [2.05, 4.69) is 27.6 Å². The SMILES string of the molecule is CC1NCCCC1NC(=O)c1nc(-c2cccs2)n(-c2cccc(F)c2)n1. The lowest BCUT2D eigenvalue weighted by molar-refractivity contribution is 0.0909. The van der Waals surface area contributed by atoms with E-state index in [0.29, 0.717) is 11.5 Å². The van der Waals surface area contributed by atoms with Gasteiger partial charge in [-0.1, -0.05) is 12.1 Å². The molecule has 1 fully saturated rings. The predicted molar refractivity (Wildman–Crippen MR) is 103 cm³/mol. The highest BCUT2D eigenvalue weighted by Gasteiger charge is 2.26. The van der Waals surface area contributed by atoms with Gasteiger partial charge in [-0.3, -0.25) is 4.79 Å². The van der Waals surface area contributed by atoms with E-state index in [9.17, 15) is 9.18 Å². The summed E-state index contributed by atoms with van der Waals surface area (Å²) in [5.74, 6) is -0.0762. The van der Waals surface area contributed by atoms with Crippen molar-refractivity contribution in [3.05, 3.63) is 53.4 Å². The summed E-state index contributed by atoms with van der Waals surface area (Å²) in [6.07, 6.45) is 1.93. The van der Waals surface area contributed by atoms with E-state index in [1.54, 1.807) is 12.1 Å². The molecule has 1 aromatic carbocycles. The Kier molecular flexibility index (Phi) is 5.00. The van der Waals surface area contributed by atoms with Crippen LogP contribution >= 0.6 is 11.3 Å². The number of carbonyl (C=O) groups is 1. The molecule has 0 bridgehead atoms. The normalized spacial score (nSPS) is 19.8. The van der Waals surface area contributed by atoms with Gasteiger partial charge >= 0.3 is 0 Å². The largest absolute Gasteiger partial charge is 0.345 e. The van der Waals surface area contributed by atoms with E-state index in [-0.39, 0.29) is 29.6 Å². The van der Waals surface area contributed by atoms with Gasteiger partial charge in [0.2, 0.25) is 5.82 Å². The lowest BCUT2D eigenvalue weighted by Gasteiger charge is -2.30. The predicted octanol–water partition coefficient (Wildman–Crippen LogP) is 3.01. The summed E-state index contributed by atoms with van der Waals surface area (Å²) in [7, 11) is 0. The molecule has 2 atom stereocenters.